The van der Waals surface area contributed by atoms with Gasteiger partial charge in [0.05, 0.1) is 5.22 Å². The zero-order chi connectivity index (χ0) is 21.0. The second kappa shape index (κ2) is 9.15. The van der Waals surface area contributed by atoms with Crippen molar-refractivity contribution in [3.05, 3.63) is 73.3 Å². The molecule has 2 aromatic rings. The van der Waals surface area contributed by atoms with Crippen LogP contribution in [0.3, 0.4) is 0 Å². The zero-order valence-corrected chi connectivity index (χ0v) is 20.8. The van der Waals surface area contributed by atoms with Crippen LogP contribution < -0.4 is 10.4 Å². The van der Waals surface area contributed by atoms with Gasteiger partial charge in [0.25, 0.3) is 0 Å². The molecule has 3 rings (SSSR count). The largest absolute Gasteiger partial charge is 0.409 e. The zero-order valence-electron chi connectivity index (χ0n) is 18.8. The van der Waals surface area contributed by atoms with Crippen molar-refractivity contribution in [2.24, 2.45) is 5.92 Å². The summed E-state index contributed by atoms with van der Waals surface area (Å²) in [5.41, 5.74) is 0. The molecule has 156 valence electrons. The molecular weight excluding hydrogens is 384 g/mol. The third-order valence-corrected chi connectivity index (χ3v) is 14.6. The van der Waals surface area contributed by atoms with Crippen molar-refractivity contribution in [2.45, 2.75) is 69.9 Å². The van der Waals surface area contributed by atoms with E-state index in [1.54, 1.807) is 0 Å². The van der Waals surface area contributed by atoms with Gasteiger partial charge in [0.1, 0.15) is 8.07 Å². The van der Waals surface area contributed by atoms with E-state index in [1.165, 1.54) is 42.5 Å². The molecule has 0 N–H and O–H groups in total. The summed E-state index contributed by atoms with van der Waals surface area (Å²) in [6.07, 6.45) is 9.70. The van der Waals surface area contributed by atoms with Crippen molar-refractivity contribution < 1.29 is 4.43 Å². The summed E-state index contributed by atoms with van der Waals surface area (Å²) in [6, 6.07) is 22.2. The smallest absolute Gasteiger partial charge is 0.218 e. The quantitative estimate of drug-likeness (QED) is 0.365. The highest BCUT2D eigenvalue weighted by atomic mass is 28.4. The minimum absolute atomic E-state index is 0.109. The number of hydrogen-bond acceptors (Lipinski definition) is 1. The highest BCUT2D eigenvalue weighted by molar-refractivity contribution is 6.93. The standard InChI is InChI=1S/C26H38OSi2/c1-6-22-26(23-16-10-7-11-17-23,28(2,3)24-18-12-8-13-19-24)27-29(4,5)25-20-14-9-15-21-25/h6,8-9,12-15,18-21,23H,1,7,10-11,16-17,22H2,2-5H3. The Kier molecular flexibility index (Phi) is 7.03. The molecule has 0 radical (unpaired) electrons. The summed E-state index contributed by atoms with van der Waals surface area (Å²) < 4.78 is 7.54. The van der Waals surface area contributed by atoms with Crippen LogP contribution in [0.5, 0.6) is 0 Å². The van der Waals surface area contributed by atoms with Gasteiger partial charge < -0.3 is 4.43 Å². The molecule has 29 heavy (non-hydrogen) atoms. The van der Waals surface area contributed by atoms with Gasteiger partial charge in [0.2, 0.25) is 8.32 Å². The molecule has 0 amide bonds. The van der Waals surface area contributed by atoms with Gasteiger partial charge in [-0.3, -0.25) is 0 Å². The normalized spacial score (nSPS) is 18.2. The molecule has 1 fully saturated rings. The van der Waals surface area contributed by atoms with Gasteiger partial charge >= 0.3 is 0 Å². The Bertz CT molecular complexity index is 779. The van der Waals surface area contributed by atoms with Gasteiger partial charge in [-0.2, -0.15) is 0 Å². The highest BCUT2D eigenvalue weighted by Gasteiger charge is 2.55. The van der Waals surface area contributed by atoms with E-state index in [4.69, 9.17) is 4.43 Å². The third kappa shape index (κ3) is 4.52. The third-order valence-electron chi connectivity index (χ3n) is 7.17. The van der Waals surface area contributed by atoms with E-state index in [0.29, 0.717) is 5.92 Å². The fourth-order valence-corrected chi connectivity index (χ4v) is 13.0. The van der Waals surface area contributed by atoms with E-state index in [9.17, 15) is 0 Å². The molecule has 1 aliphatic carbocycles. The fourth-order valence-electron chi connectivity index (χ4n) is 5.42. The summed E-state index contributed by atoms with van der Waals surface area (Å²) in [5.74, 6) is 0.617. The van der Waals surface area contributed by atoms with Crippen LogP contribution in [0.25, 0.3) is 0 Å². The Morgan fingerprint density at radius 1 is 0.862 bits per heavy atom. The van der Waals surface area contributed by atoms with E-state index < -0.39 is 16.4 Å². The second-order valence-electron chi connectivity index (χ2n) is 9.69. The van der Waals surface area contributed by atoms with Gasteiger partial charge in [-0.25, -0.2) is 0 Å². The molecule has 1 unspecified atom stereocenters. The lowest BCUT2D eigenvalue weighted by Gasteiger charge is -2.54. The van der Waals surface area contributed by atoms with E-state index >= 15 is 0 Å². The minimum Gasteiger partial charge on any atom is -0.409 e. The number of rotatable bonds is 8. The Balaban J connectivity index is 2.12. The van der Waals surface area contributed by atoms with Gasteiger partial charge in [0.15, 0.2) is 0 Å². The predicted octanol–water partition coefficient (Wildman–Crippen LogP) is 6.17. The van der Waals surface area contributed by atoms with Crippen LogP contribution in [0.4, 0.5) is 0 Å². The van der Waals surface area contributed by atoms with Crippen LogP contribution in [0.1, 0.15) is 38.5 Å². The van der Waals surface area contributed by atoms with Crippen molar-refractivity contribution in [2.75, 3.05) is 0 Å². The van der Waals surface area contributed by atoms with Crippen LogP contribution in [0.15, 0.2) is 73.3 Å². The summed E-state index contributed by atoms with van der Waals surface area (Å²) in [4.78, 5) is 0. The van der Waals surface area contributed by atoms with Gasteiger partial charge in [-0.05, 0) is 43.5 Å². The van der Waals surface area contributed by atoms with Crippen LogP contribution in [0, 0.1) is 5.92 Å². The maximum Gasteiger partial charge on any atom is 0.218 e. The molecule has 1 aliphatic rings. The first kappa shape index (κ1) is 22.3. The molecule has 0 aromatic heterocycles. The molecule has 0 bridgehead atoms. The fraction of sp³-hybridized carbons (Fsp3) is 0.462. The first-order valence-corrected chi connectivity index (χ1v) is 17.2. The molecule has 2 aromatic carbocycles. The molecule has 1 saturated carbocycles. The molecule has 0 spiro atoms. The lowest BCUT2D eigenvalue weighted by Crippen LogP contribution is -2.71. The molecule has 0 aliphatic heterocycles. The molecule has 0 heterocycles. The summed E-state index contributed by atoms with van der Waals surface area (Å²) >= 11 is 0. The molecule has 1 nitrogen and oxygen atoms in total. The highest BCUT2D eigenvalue weighted by Crippen LogP contribution is 2.45. The second-order valence-corrected chi connectivity index (χ2v) is 18.2. The molecule has 3 heteroatoms. The first-order valence-electron chi connectivity index (χ1n) is 11.3. The van der Waals surface area contributed by atoms with Crippen molar-refractivity contribution in [1.29, 1.82) is 0 Å². The maximum absolute atomic E-state index is 7.54. The molecule has 1 atom stereocenters. The van der Waals surface area contributed by atoms with Gasteiger partial charge in [-0.15, -0.1) is 6.58 Å². The Morgan fingerprint density at radius 3 is 1.90 bits per heavy atom. The van der Waals surface area contributed by atoms with Crippen LogP contribution in [-0.2, 0) is 4.43 Å². The van der Waals surface area contributed by atoms with Gasteiger partial charge in [0, 0.05) is 0 Å². The summed E-state index contributed by atoms with van der Waals surface area (Å²) in [7, 11) is -4.06. The van der Waals surface area contributed by atoms with Crippen molar-refractivity contribution >= 4 is 26.8 Å². The average molecular weight is 423 g/mol. The van der Waals surface area contributed by atoms with Crippen molar-refractivity contribution in [1.82, 2.24) is 0 Å². The summed E-state index contributed by atoms with van der Waals surface area (Å²) in [6.45, 7) is 14.1. The monoisotopic (exact) mass is 422 g/mol. The topological polar surface area (TPSA) is 9.23 Å². The predicted molar refractivity (Wildman–Crippen MR) is 132 cm³/mol. The Morgan fingerprint density at radius 2 is 1.38 bits per heavy atom. The lowest BCUT2D eigenvalue weighted by molar-refractivity contribution is 0.0544. The molecule has 0 saturated heterocycles. The lowest BCUT2D eigenvalue weighted by atomic mass is 9.83. The van der Waals surface area contributed by atoms with Crippen LogP contribution in [0.2, 0.25) is 26.2 Å². The maximum atomic E-state index is 7.54. The SMILES string of the molecule is C=CCC(O[Si](C)(C)c1ccccc1)(C1CCCCC1)[Si](C)(C)c1ccccc1. The van der Waals surface area contributed by atoms with E-state index in [1.807, 2.05) is 0 Å². The average Bonchev–Trinajstić information content (AvgIpc) is 2.75. The Hall–Kier alpha value is -1.43. The van der Waals surface area contributed by atoms with Crippen molar-refractivity contribution in [3.8, 4) is 0 Å². The van der Waals surface area contributed by atoms with Crippen LogP contribution in [-0.4, -0.2) is 21.6 Å². The Labute approximate surface area is 180 Å². The van der Waals surface area contributed by atoms with Gasteiger partial charge in [-0.1, -0.05) is 104 Å². The van der Waals surface area contributed by atoms with E-state index in [-0.39, 0.29) is 5.22 Å². The molecular formula is C26H38OSi2. The van der Waals surface area contributed by atoms with Crippen molar-refractivity contribution in [3.63, 3.8) is 0 Å². The van der Waals surface area contributed by atoms with E-state index in [0.717, 1.165) is 6.42 Å². The minimum atomic E-state index is -2.09. The number of benzene rings is 2. The van der Waals surface area contributed by atoms with E-state index in [2.05, 4.69) is 99.5 Å². The number of hydrogen-bond donors (Lipinski definition) is 0. The summed E-state index contributed by atoms with van der Waals surface area (Å²) in [5, 5.41) is 2.79. The van der Waals surface area contributed by atoms with Crippen LogP contribution >= 0.6 is 0 Å². The first-order chi connectivity index (χ1) is 13.8.